The molecule has 6 heteroatoms. The number of carbonyl (C=O) groups excluding carboxylic acids is 2. The summed E-state index contributed by atoms with van der Waals surface area (Å²) in [5, 5.41) is 3.58. The van der Waals surface area contributed by atoms with Crippen LogP contribution in [0.4, 0.5) is 0 Å². The highest BCUT2D eigenvalue weighted by Crippen LogP contribution is 2.18. The van der Waals surface area contributed by atoms with Gasteiger partial charge in [-0.1, -0.05) is 36.7 Å². The first kappa shape index (κ1) is 23.7. The van der Waals surface area contributed by atoms with Crippen LogP contribution < -0.4 is 10.1 Å². The van der Waals surface area contributed by atoms with Crippen LogP contribution in [0.5, 0.6) is 5.75 Å². The van der Waals surface area contributed by atoms with Crippen LogP contribution >= 0.6 is 11.6 Å². The summed E-state index contributed by atoms with van der Waals surface area (Å²) in [7, 11) is 0. The van der Waals surface area contributed by atoms with Gasteiger partial charge in [0.25, 0.3) is 5.91 Å². The second-order valence-electron chi connectivity index (χ2n) is 7.75. The molecule has 0 bridgehead atoms. The molecule has 0 radical (unpaired) electrons. The van der Waals surface area contributed by atoms with Crippen molar-refractivity contribution in [2.75, 3.05) is 6.61 Å². The minimum atomic E-state index is -0.634. The molecule has 0 heterocycles. The Hall–Kier alpha value is -2.53. The van der Waals surface area contributed by atoms with E-state index in [4.69, 9.17) is 16.3 Å². The summed E-state index contributed by atoms with van der Waals surface area (Å²) in [5.41, 5.74) is 3.02. The maximum atomic E-state index is 13.1. The Kier molecular flexibility index (Phi) is 8.72. The second kappa shape index (κ2) is 11.0. The highest BCUT2D eigenvalue weighted by Gasteiger charge is 2.27. The van der Waals surface area contributed by atoms with E-state index in [1.165, 1.54) is 0 Å². The molecule has 2 atom stereocenters. The number of benzene rings is 2. The Morgan fingerprint density at radius 2 is 1.67 bits per heavy atom. The van der Waals surface area contributed by atoms with E-state index in [0.29, 0.717) is 17.3 Å². The maximum Gasteiger partial charge on any atom is 0.261 e. The van der Waals surface area contributed by atoms with Crippen LogP contribution in [0.15, 0.2) is 42.5 Å². The molecule has 2 aromatic rings. The fraction of sp³-hybridized carbons (Fsp3) is 0.417. The van der Waals surface area contributed by atoms with Crippen molar-refractivity contribution in [3.8, 4) is 5.75 Å². The maximum absolute atomic E-state index is 13.1. The monoisotopic (exact) mass is 430 g/mol. The van der Waals surface area contributed by atoms with Crippen LogP contribution in [0.2, 0.25) is 5.02 Å². The number of rotatable bonds is 9. The first-order valence-corrected chi connectivity index (χ1v) is 10.6. The smallest absolute Gasteiger partial charge is 0.261 e. The van der Waals surface area contributed by atoms with E-state index >= 15 is 0 Å². The summed E-state index contributed by atoms with van der Waals surface area (Å²) >= 11 is 5.98. The van der Waals surface area contributed by atoms with Crippen molar-refractivity contribution in [2.24, 2.45) is 0 Å². The molecule has 162 valence electrons. The molecule has 0 aliphatic heterocycles. The van der Waals surface area contributed by atoms with Crippen LogP contribution in [0.1, 0.15) is 43.9 Å². The van der Waals surface area contributed by atoms with Crippen LogP contribution in [0.3, 0.4) is 0 Å². The quantitative estimate of drug-likeness (QED) is 0.629. The molecule has 2 rings (SSSR count). The number of nitrogens with zero attached hydrogens (tertiary/aromatic N) is 1. The van der Waals surface area contributed by atoms with Gasteiger partial charge in [-0.3, -0.25) is 9.59 Å². The van der Waals surface area contributed by atoms with Crippen molar-refractivity contribution in [2.45, 2.75) is 59.7 Å². The standard InChI is InChI=1S/C24H31ClN2O3/c1-6-18(4)26-24(29)19(5)27(14-20-7-9-21(25)10-8-20)23(28)15-30-22-12-16(2)11-17(3)13-22/h7-13,18-19H,6,14-15H2,1-5H3,(H,26,29). The summed E-state index contributed by atoms with van der Waals surface area (Å²) in [5.74, 6) is 0.206. The zero-order chi connectivity index (χ0) is 22.3. The number of amides is 2. The largest absolute Gasteiger partial charge is 0.484 e. The van der Waals surface area contributed by atoms with Gasteiger partial charge in [0.15, 0.2) is 6.61 Å². The van der Waals surface area contributed by atoms with Gasteiger partial charge in [0.1, 0.15) is 11.8 Å². The van der Waals surface area contributed by atoms with Gasteiger partial charge in [-0.05, 0) is 75.1 Å². The van der Waals surface area contributed by atoms with E-state index in [-0.39, 0.29) is 24.5 Å². The van der Waals surface area contributed by atoms with Gasteiger partial charge in [0.2, 0.25) is 5.91 Å². The normalized spacial score (nSPS) is 12.7. The summed E-state index contributed by atoms with van der Waals surface area (Å²) < 4.78 is 5.76. The molecule has 2 aromatic carbocycles. The van der Waals surface area contributed by atoms with Crippen molar-refractivity contribution in [1.29, 1.82) is 0 Å². The summed E-state index contributed by atoms with van der Waals surface area (Å²) in [6, 6.07) is 12.5. The molecular formula is C24H31ClN2O3. The number of halogens is 1. The molecule has 0 spiro atoms. The fourth-order valence-corrected chi connectivity index (χ4v) is 3.20. The number of aryl methyl sites for hydroxylation is 2. The lowest BCUT2D eigenvalue weighted by atomic mass is 10.1. The Labute approximate surface area is 184 Å². The Bertz CT molecular complexity index is 847. The number of nitrogens with one attached hydrogen (secondary N) is 1. The van der Waals surface area contributed by atoms with Crippen LogP contribution in [0.25, 0.3) is 0 Å². The van der Waals surface area contributed by atoms with Crippen molar-refractivity contribution in [3.63, 3.8) is 0 Å². The predicted octanol–water partition coefficient (Wildman–Crippen LogP) is 4.67. The average Bonchev–Trinajstić information content (AvgIpc) is 2.70. The summed E-state index contributed by atoms with van der Waals surface area (Å²) in [6.07, 6.45) is 0.819. The first-order valence-electron chi connectivity index (χ1n) is 10.2. The predicted molar refractivity (Wildman–Crippen MR) is 121 cm³/mol. The first-order chi connectivity index (χ1) is 14.2. The minimum absolute atomic E-state index is 0.0407. The molecule has 2 amide bonds. The number of carbonyl (C=O) groups is 2. The van der Waals surface area contributed by atoms with Crippen LogP contribution in [-0.2, 0) is 16.1 Å². The summed E-state index contributed by atoms with van der Waals surface area (Å²) in [4.78, 5) is 27.3. The number of ether oxygens (including phenoxy) is 1. The molecular weight excluding hydrogens is 400 g/mol. The Morgan fingerprint density at radius 1 is 1.07 bits per heavy atom. The third-order valence-electron chi connectivity index (χ3n) is 4.99. The lowest BCUT2D eigenvalue weighted by molar-refractivity contribution is -0.142. The summed E-state index contributed by atoms with van der Waals surface area (Å²) in [6.45, 7) is 9.80. The van der Waals surface area contributed by atoms with Crippen molar-refractivity contribution in [3.05, 3.63) is 64.2 Å². The molecule has 30 heavy (non-hydrogen) atoms. The van der Waals surface area contributed by atoms with Gasteiger partial charge >= 0.3 is 0 Å². The molecule has 5 nitrogen and oxygen atoms in total. The second-order valence-corrected chi connectivity index (χ2v) is 8.19. The SMILES string of the molecule is CCC(C)NC(=O)C(C)N(Cc1ccc(Cl)cc1)C(=O)COc1cc(C)cc(C)c1. The Morgan fingerprint density at radius 3 is 2.23 bits per heavy atom. The third kappa shape index (κ3) is 7.06. The van der Waals surface area contributed by atoms with Crippen LogP contribution in [0, 0.1) is 13.8 Å². The zero-order valence-electron chi connectivity index (χ0n) is 18.4. The van der Waals surface area contributed by atoms with Gasteiger partial charge in [0, 0.05) is 17.6 Å². The number of hydrogen-bond donors (Lipinski definition) is 1. The minimum Gasteiger partial charge on any atom is -0.484 e. The molecule has 2 unspecified atom stereocenters. The van der Waals surface area contributed by atoms with E-state index in [1.54, 1.807) is 24.0 Å². The Balaban J connectivity index is 2.16. The van der Waals surface area contributed by atoms with E-state index in [9.17, 15) is 9.59 Å². The van der Waals surface area contributed by atoms with Gasteiger partial charge in [-0.25, -0.2) is 0 Å². The lowest BCUT2D eigenvalue weighted by Crippen LogP contribution is -2.50. The molecule has 0 aromatic heterocycles. The van der Waals surface area contributed by atoms with Gasteiger partial charge in [-0.15, -0.1) is 0 Å². The van der Waals surface area contributed by atoms with E-state index < -0.39 is 6.04 Å². The lowest BCUT2D eigenvalue weighted by Gasteiger charge is -2.29. The number of hydrogen-bond acceptors (Lipinski definition) is 3. The molecule has 0 aliphatic carbocycles. The highest BCUT2D eigenvalue weighted by molar-refractivity contribution is 6.30. The molecule has 0 saturated heterocycles. The van der Waals surface area contributed by atoms with Gasteiger partial charge < -0.3 is 15.0 Å². The zero-order valence-corrected chi connectivity index (χ0v) is 19.1. The van der Waals surface area contributed by atoms with Crippen molar-refractivity contribution >= 4 is 23.4 Å². The molecule has 0 saturated carbocycles. The van der Waals surface area contributed by atoms with Crippen molar-refractivity contribution in [1.82, 2.24) is 10.2 Å². The topological polar surface area (TPSA) is 58.6 Å². The van der Waals surface area contributed by atoms with Crippen LogP contribution in [-0.4, -0.2) is 35.4 Å². The van der Waals surface area contributed by atoms with Crippen molar-refractivity contribution < 1.29 is 14.3 Å². The average molecular weight is 431 g/mol. The van der Waals surface area contributed by atoms with Gasteiger partial charge in [0.05, 0.1) is 0 Å². The molecule has 0 aliphatic rings. The van der Waals surface area contributed by atoms with E-state index in [2.05, 4.69) is 5.32 Å². The highest BCUT2D eigenvalue weighted by atomic mass is 35.5. The van der Waals surface area contributed by atoms with E-state index in [1.807, 2.05) is 58.0 Å². The molecule has 0 fully saturated rings. The molecule has 1 N–H and O–H groups in total. The fourth-order valence-electron chi connectivity index (χ4n) is 3.08. The third-order valence-corrected chi connectivity index (χ3v) is 5.24. The van der Waals surface area contributed by atoms with E-state index in [0.717, 1.165) is 23.1 Å². The van der Waals surface area contributed by atoms with Gasteiger partial charge in [-0.2, -0.15) is 0 Å².